The molecule has 2 aromatic carbocycles. The molecule has 2 aromatic heterocycles. The zero-order valence-electron chi connectivity index (χ0n) is 20.5. The number of anilines is 1. The Balaban J connectivity index is 1.18. The van der Waals surface area contributed by atoms with Crippen molar-refractivity contribution in [3.05, 3.63) is 117 Å². The topological polar surface area (TPSA) is 109 Å². The van der Waals surface area contributed by atoms with Gasteiger partial charge < -0.3 is 20.2 Å². The summed E-state index contributed by atoms with van der Waals surface area (Å²) in [5.74, 6) is -0.528. The lowest BCUT2D eigenvalue weighted by atomic mass is 10.0. The Morgan fingerprint density at radius 2 is 1.89 bits per heavy atom. The fourth-order valence-electron chi connectivity index (χ4n) is 4.40. The van der Waals surface area contributed by atoms with Crippen molar-refractivity contribution in [2.75, 3.05) is 11.9 Å². The predicted molar refractivity (Wildman–Crippen MR) is 143 cm³/mol. The van der Waals surface area contributed by atoms with Gasteiger partial charge in [-0.3, -0.25) is 14.4 Å². The highest BCUT2D eigenvalue weighted by atomic mass is 16.2. The summed E-state index contributed by atoms with van der Waals surface area (Å²) in [5.41, 5.74) is 5.71. The molecule has 1 aliphatic heterocycles. The number of nitrogens with zero attached hydrogens (tertiary/aromatic N) is 2. The highest BCUT2D eigenvalue weighted by molar-refractivity contribution is 6.34. The number of nitrogens with one attached hydrogen (secondary N) is 3. The fourth-order valence-corrected chi connectivity index (χ4v) is 4.40. The number of rotatable bonds is 8. The molecule has 0 atom stereocenters. The third kappa shape index (κ3) is 5.28. The minimum Gasteiger partial charge on any atom is -0.352 e. The van der Waals surface area contributed by atoms with Crippen molar-refractivity contribution in [1.29, 1.82) is 0 Å². The van der Waals surface area contributed by atoms with Gasteiger partial charge in [0.1, 0.15) is 5.56 Å². The van der Waals surface area contributed by atoms with Gasteiger partial charge in [0.2, 0.25) is 0 Å². The Bertz CT molecular complexity index is 1550. The zero-order chi connectivity index (χ0) is 25.8. The molecule has 0 fully saturated rings. The maximum atomic E-state index is 12.8. The second-order valence-electron chi connectivity index (χ2n) is 9.00. The molecule has 2 amide bonds. The Kier molecular flexibility index (Phi) is 6.81. The van der Waals surface area contributed by atoms with Crippen LogP contribution in [0.3, 0.4) is 0 Å². The molecule has 0 saturated carbocycles. The number of amides is 2. The average Bonchev–Trinajstić information content (AvgIpc) is 3.45. The second-order valence-corrected chi connectivity index (χ2v) is 9.00. The van der Waals surface area contributed by atoms with Gasteiger partial charge in [0.15, 0.2) is 0 Å². The Labute approximate surface area is 214 Å². The van der Waals surface area contributed by atoms with Gasteiger partial charge >= 0.3 is 0 Å². The molecule has 0 saturated heterocycles. The molecule has 3 N–H and O–H groups in total. The van der Waals surface area contributed by atoms with E-state index >= 15 is 0 Å². The van der Waals surface area contributed by atoms with Crippen molar-refractivity contribution >= 4 is 29.2 Å². The normalized spacial score (nSPS) is 13.4. The van der Waals surface area contributed by atoms with E-state index in [9.17, 15) is 14.4 Å². The number of carbonyl (C=O) groups is 2. The van der Waals surface area contributed by atoms with Gasteiger partial charge in [-0.25, -0.2) is 4.98 Å². The zero-order valence-corrected chi connectivity index (χ0v) is 20.5. The number of imidazole rings is 1. The van der Waals surface area contributed by atoms with Crippen LogP contribution < -0.4 is 16.2 Å². The largest absolute Gasteiger partial charge is 0.352 e. The number of hydrogen-bond acceptors (Lipinski definition) is 4. The van der Waals surface area contributed by atoms with Gasteiger partial charge in [-0.15, -0.1) is 0 Å². The van der Waals surface area contributed by atoms with Gasteiger partial charge in [-0.05, 0) is 55.2 Å². The summed E-state index contributed by atoms with van der Waals surface area (Å²) < 4.78 is 1.54. The Morgan fingerprint density at radius 3 is 2.68 bits per heavy atom. The van der Waals surface area contributed by atoms with Crippen molar-refractivity contribution in [3.8, 4) is 0 Å². The molecular formula is C29H27N5O3. The van der Waals surface area contributed by atoms with Gasteiger partial charge in [-0.1, -0.05) is 42.5 Å². The maximum absolute atomic E-state index is 12.8. The van der Waals surface area contributed by atoms with Crippen molar-refractivity contribution in [2.24, 2.45) is 0 Å². The number of aryl methyl sites for hydroxylation is 2. The first kappa shape index (κ1) is 24.0. The molecule has 8 heteroatoms. The fraction of sp³-hybridized carbons (Fsp3) is 0.172. The van der Waals surface area contributed by atoms with Crippen molar-refractivity contribution in [2.45, 2.75) is 26.3 Å². The second kappa shape index (κ2) is 10.5. The molecule has 1 aliphatic rings. The lowest BCUT2D eigenvalue weighted by molar-refractivity contribution is -0.110. The maximum Gasteiger partial charge on any atom is 0.263 e. The van der Waals surface area contributed by atoms with Crippen LogP contribution in [0.25, 0.3) is 11.6 Å². The van der Waals surface area contributed by atoms with Crippen LogP contribution >= 0.6 is 0 Å². The van der Waals surface area contributed by atoms with E-state index in [-0.39, 0.29) is 22.9 Å². The first-order valence-corrected chi connectivity index (χ1v) is 12.2. The number of hydrogen-bond donors (Lipinski definition) is 3. The average molecular weight is 494 g/mol. The van der Waals surface area contributed by atoms with Crippen LogP contribution in [0.15, 0.2) is 78.0 Å². The molecule has 0 aliphatic carbocycles. The lowest BCUT2D eigenvalue weighted by Crippen LogP contribution is -2.33. The van der Waals surface area contributed by atoms with Crippen molar-refractivity contribution in [1.82, 2.24) is 19.9 Å². The minimum absolute atomic E-state index is 0.130. The van der Waals surface area contributed by atoms with Gasteiger partial charge in [0.25, 0.3) is 17.4 Å². The van der Waals surface area contributed by atoms with E-state index in [1.807, 2.05) is 55.5 Å². The van der Waals surface area contributed by atoms with Crippen molar-refractivity contribution in [3.63, 3.8) is 0 Å². The number of fused-ring (bicyclic) bond motifs is 1. The Morgan fingerprint density at radius 1 is 1.05 bits per heavy atom. The monoisotopic (exact) mass is 493 g/mol. The summed E-state index contributed by atoms with van der Waals surface area (Å²) in [5, 5.41) is 5.78. The molecule has 4 aromatic rings. The number of aromatic amines is 1. The van der Waals surface area contributed by atoms with E-state index in [0.29, 0.717) is 31.5 Å². The summed E-state index contributed by atoms with van der Waals surface area (Å²) >= 11 is 0. The number of carbonyl (C=O) groups excluding carboxylic acids is 2. The van der Waals surface area contributed by atoms with Gasteiger partial charge in [-0.2, -0.15) is 0 Å². The first-order chi connectivity index (χ1) is 18.0. The highest BCUT2D eigenvalue weighted by Gasteiger charge is 2.24. The summed E-state index contributed by atoms with van der Waals surface area (Å²) in [6.07, 6.45) is 6.50. The van der Waals surface area contributed by atoms with Crippen LogP contribution in [-0.2, 0) is 17.8 Å². The number of H-pyrrole nitrogens is 1. The van der Waals surface area contributed by atoms with Crippen LogP contribution in [0.1, 0.15) is 44.9 Å². The minimum atomic E-state index is -0.378. The molecule has 0 spiro atoms. The smallest absolute Gasteiger partial charge is 0.263 e. The van der Waals surface area contributed by atoms with Gasteiger partial charge in [0, 0.05) is 29.7 Å². The molecule has 37 heavy (non-hydrogen) atoms. The summed E-state index contributed by atoms with van der Waals surface area (Å²) in [4.78, 5) is 45.3. The van der Waals surface area contributed by atoms with Gasteiger partial charge in [0.05, 0.1) is 24.1 Å². The van der Waals surface area contributed by atoms with Crippen LogP contribution in [0.5, 0.6) is 0 Å². The molecule has 0 bridgehead atoms. The summed E-state index contributed by atoms with van der Waals surface area (Å²) in [6.45, 7) is 2.75. The lowest BCUT2D eigenvalue weighted by Gasteiger charge is -2.09. The Hall–Kier alpha value is -4.72. The first-order valence-electron chi connectivity index (χ1n) is 12.2. The molecule has 0 radical (unpaired) electrons. The quantitative estimate of drug-likeness (QED) is 0.256. The predicted octanol–water partition coefficient (Wildman–Crippen LogP) is 3.78. The number of benzene rings is 2. The van der Waals surface area contributed by atoms with E-state index in [1.165, 1.54) is 0 Å². The van der Waals surface area contributed by atoms with Crippen LogP contribution in [-0.4, -0.2) is 32.9 Å². The van der Waals surface area contributed by atoms with Crippen molar-refractivity contribution < 1.29 is 9.59 Å². The summed E-state index contributed by atoms with van der Waals surface area (Å²) in [7, 11) is 0. The van der Waals surface area contributed by atoms with E-state index < -0.39 is 0 Å². The van der Waals surface area contributed by atoms with E-state index in [4.69, 9.17) is 0 Å². The summed E-state index contributed by atoms with van der Waals surface area (Å²) in [6, 6.07) is 18.8. The van der Waals surface area contributed by atoms with Crippen LogP contribution in [0.2, 0.25) is 0 Å². The van der Waals surface area contributed by atoms with E-state index in [1.54, 1.807) is 35.3 Å². The van der Waals surface area contributed by atoms with E-state index in [0.717, 1.165) is 33.8 Å². The number of aromatic nitrogens is 3. The standard InChI is InChI=1S/C29H27N5O3/c1-19-25(32-18-31-19)16-24-22-12-11-20(15-26(22)33-28(24)36)9-5-13-30-27(35)23-10-6-14-34(29(23)37)17-21-7-3-2-4-8-21/h2-4,6-8,10-12,14-16,18H,5,9,13,17H2,1H3,(H,30,35)(H,31,32)(H,33,36). The number of pyridine rings is 1. The van der Waals surface area contributed by atoms with Crippen LogP contribution in [0, 0.1) is 6.92 Å². The highest BCUT2D eigenvalue weighted by Crippen LogP contribution is 2.34. The molecule has 8 nitrogen and oxygen atoms in total. The molecular weight excluding hydrogens is 466 g/mol. The molecule has 0 unspecified atom stereocenters. The molecule has 5 rings (SSSR count). The molecule has 3 heterocycles. The third-order valence-electron chi connectivity index (χ3n) is 6.41. The SMILES string of the molecule is Cc1[nH]cnc1C=C1C(=O)Nc2cc(CCCNC(=O)c3cccn(Cc4ccccc4)c3=O)ccc21. The third-order valence-corrected chi connectivity index (χ3v) is 6.41. The van der Waals surface area contributed by atoms with E-state index in [2.05, 4.69) is 20.6 Å². The molecule has 186 valence electrons. The van der Waals surface area contributed by atoms with Crippen LogP contribution in [0.4, 0.5) is 5.69 Å².